The van der Waals surface area contributed by atoms with Crippen molar-refractivity contribution in [2.24, 2.45) is 4.99 Å². The highest BCUT2D eigenvalue weighted by Crippen LogP contribution is 2.18. The Morgan fingerprint density at radius 2 is 2.00 bits per heavy atom. The summed E-state index contributed by atoms with van der Waals surface area (Å²) in [7, 11) is 0. The number of nitrogens with zero attached hydrogens (tertiary/aromatic N) is 1. The van der Waals surface area contributed by atoms with Gasteiger partial charge in [0.2, 0.25) is 0 Å². The maximum absolute atomic E-state index is 5.75. The van der Waals surface area contributed by atoms with Crippen LogP contribution in [0.1, 0.15) is 12.8 Å². The molecule has 0 spiro atoms. The van der Waals surface area contributed by atoms with Crippen molar-refractivity contribution in [3.8, 4) is 0 Å². The van der Waals surface area contributed by atoms with Crippen LogP contribution in [0.15, 0.2) is 29.3 Å². The third-order valence-electron chi connectivity index (χ3n) is 1.88. The van der Waals surface area contributed by atoms with E-state index in [2.05, 4.69) is 4.99 Å². The van der Waals surface area contributed by atoms with Gasteiger partial charge in [0.15, 0.2) is 5.90 Å². The van der Waals surface area contributed by atoms with E-state index in [0.29, 0.717) is 0 Å². The summed E-state index contributed by atoms with van der Waals surface area (Å²) in [5.41, 5.74) is 0.904. The molecule has 3 heteroatoms. The Kier molecular flexibility index (Phi) is 2.50. The monoisotopic (exact) mass is 195 g/mol. The highest BCUT2D eigenvalue weighted by Gasteiger charge is 2.08. The molecule has 0 bridgehead atoms. The topological polar surface area (TPSA) is 21.6 Å². The molecule has 0 atom stereocenters. The standard InChI is InChI=1S/C10H10ClNO/c11-8-3-5-9(6-4-8)12-10-2-1-7-13-10/h3-6H,1-2,7H2. The summed E-state index contributed by atoms with van der Waals surface area (Å²) in [6.45, 7) is 0.798. The molecule has 1 aliphatic rings. The SMILES string of the molecule is Clc1ccc(N=C2CCCO2)cc1. The Labute approximate surface area is 82.2 Å². The second-order valence-corrected chi connectivity index (χ2v) is 3.37. The molecule has 2 nitrogen and oxygen atoms in total. The van der Waals surface area contributed by atoms with Crippen LogP contribution in [0.3, 0.4) is 0 Å². The number of hydrogen-bond donors (Lipinski definition) is 0. The second kappa shape index (κ2) is 3.79. The molecular formula is C10H10ClNO. The molecule has 0 radical (unpaired) electrons. The molecule has 1 aromatic carbocycles. The first kappa shape index (κ1) is 8.57. The molecule has 1 saturated heterocycles. The summed E-state index contributed by atoms with van der Waals surface area (Å²) in [4.78, 5) is 4.33. The van der Waals surface area contributed by atoms with Gasteiger partial charge in [0.1, 0.15) is 0 Å². The van der Waals surface area contributed by atoms with Gasteiger partial charge < -0.3 is 4.74 Å². The number of benzene rings is 1. The van der Waals surface area contributed by atoms with E-state index in [4.69, 9.17) is 16.3 Å². The summed E-state index contributed by atoms with van der Waals surface area (Å²) in [5.74, 6) is 0.835. The molecule has 1 fully saturated rings. The lowest BCUT2D eigenvalue weighted by atomic mass is 10.3. The van der Waals surface area contributed by atoms with E-state index in [9.17, 15) is 0 Å². The van der Waals surface area contributed by atoms with Crippen molar-refractivity contribution in [2.45, 2.75) is 12.8 Å². The molecule has 1 heterocycles. The van der Waals surface area contributed by atoms with Gasteiger partial charge in [-0.25, -0.2) is 4.99 Å². The van der Waals surface area contributed by atoms with Gasteiger partial charge in [0.05, 0.1) is 12.3 Å². The van der Waals surface area contributed by atoms with Crippen molar-refractivity contribution in [2.75, 3.05) is 6.61 Å². The van der Waals surface area contributed by atoms with Crippen LogP contribution in [0, 0.1) is 0 Å². The zero-order valence-corrected chi connectivity index (χ0v) is 7.92. The largest absolute Gasteiger partial charge is 0.481 e. The summed E-state index contributed by atoms with van der Waals surface area (Å²) in [5, 5.41) is 0.733. The number of ether oxygens (including phenoxy) is 1. The first-order valence-electron chi connectivity index (χ1n) is 4.30. The van der Waals surface area contributed by atoms with Gasteiger partial charge in [-0.3, -0.25) is 0 Å². The third kappa shape index (κ3) is 2.22. The third-order valence-corrected chi connectivity index (χ3v) is 2.14. The van der Waals surface area contributed by atoms with Crippen LogP contribution < -0.4 is 0 Å². The van der Waals surface area contributed by atoms with Gasteiger partial charge in [-0.1, -0.05) is 11.6 Å². The van der Waals surface area contributed by atoms with Crippen molar-refractivity contribution in [1.82, 2.24) is 0 Å². The van der Waals surface area contributed by atoms with Crippen LogP contribution >= 0.6 is 11.6 Å². The molecule has 2 rings (SSSR count). The second-order valence-electron chi connectivity index (χ2n) is 2.93. The van der Waals surface area contributed by atoms with E-state index in [1.165, 1.54) is 0 Å². The van der Waals surface area contributed by atoms with Gasteiger partial charge in [-0.05, 0) is 30.7 Å². The fourth-order valence-corrected chi connectivity index (χ4v) is 1.36. The lowest BCUT2D eigenvalue weighted by molar-refractivity contribution is 0.344. The summed E-state index contributed by atoms with van der Waals surface area (Å²) in [6, 6.07) is 7.43. The number of aliphatic imine (C=N–C) groups is 1. The zero-order valence-electron chi connectivity index (χ0n) is 7.16. The highest BCUT2D eigenvalue weighted by molar-refractivity contribution is 6.30. The lowest BCUT2D eigenvalue weighted by Crippen LogP contribution is -1.91. The van der Waals surface area contributed by atoms with Gasteiger partial charge in [0, 0.05) is 11.4 Å². The minimum Gasteiger partial charge on any atom is -0.481 e. The minimum absolute atomic E-state index is 0.733. The Hall–Kier alpha value is -1.02. The Bertz CT molecular complexity index is 310. The average molecular weight is 196 g/mol. The van der Waals surface area contributed by atoms with Crippen LogP contribution in [-0.4, -0.2) is 12.5 Å². The summed E-state index contributed by atoms with van der Waals surface area (Å²) in [6.07, 6.45) is 2.02. The Morgan fingerprint density at radius 1 is 1.23 bits per heavy atom. The van der Waals surface area contributed by atoms with Crippen molar-refractivity contribution in [3.05, 3.63) is 29.3 Å². The molecule has 0 aliphatic carbocycles. The predicted molar refractivity (Wildman–Crippen MR) is 53.7 cm³/mol. The number of hydrogen-bond acceptors (Lipinski definition) is 2. The number of halogens is 1. The Balaban J connectivity index is 2.17. The van der Waals surface area contributed by atoms with Crippen LogP contribution in [0.2, 0.25) is 5.02 Å². The van der Waals surface area contributed by atoms with E-state index in [1.807, 2.05) is 24.3 Å². The van der Waals surface area contributed by atoms with Crippen LogP contribution in [0.4, 0.5) is 5.69 Å². The smallest absolute Gasteiger partial charge is 0.188 e. The maximum Gasteiger partial charge on any atom is 0.188 e. The lowest BCUT2D eigenvalue weighted by Gasteiger charge is -1.97. The van der Waals surface area contributed by atoms with Crippen molar-refractivity contribution >= 4 is 23.2 Å². The van der Waals surface area contributed by atoms with Gasteiger partial charge >= 0.3 is 0 Å². The van der Waals surface area contributed by atoms with E-state index >= 15 is 0 Å². The fraction of sp³-hybridized carbons (Fsp3) is 0.300. The molecule has 0 amide bonds. The average Bonchev–Trinajstić information content (AvgIpc) is 2.62. The number of rotatable bonds is 1. The zero-order chi connectivity index (χ0) is 9.10. The maximum atomic E-state index is 5.75. The molecular weight excluding hydrogens is 186 g/mol. The molecule has 0 aromatic heterocycles. The van der Waals surface area contributed by atoms with Crippen molar-refractivity contribution in [1.29, 1.82) is 0 Å². The molecule has 1 aliphatic heterocycles. The Morgan fingerprint density at radius 3 is 2.62 bits per heavy atom. The molecule has 0 unspecified atom stereocenters. The summed E-state index contributed by atoms with van der Waals surface area (Å²) >= 11 is 5.75. The molecule has 1 aromatic rings. The van der Waals surface area contributed by atoms with Gasteiger partial charge in [0.25, 0.3) is 0 Å². The van der Waals surface area contributed by atoms with Gasteiger partial charge in [-0.2, -0.15) is 0 Å². The molecule has 0 N–H and O–H groups in total. The first-order chi connectivity index (χ1) is 6.34. The first-order valence-corrected chi connectivity index (χ1v) is 4.68. The van der Waals surface area contributed by atoms with E-state index in [0.717, 1.165) is 36.1 Å². The van der Waals surface area contributed by atoms with Crippen LogP contribution in [0.25, 0.3) is 0 Å². The summed E-state index contributed by atoms with van der Waals surface area (Å²) < 4.78 is 5.30. The van der Waals surface area contributed by atoms with Crippen molar-refractivity contribution < 1.29 is 4.74 Å². The molecule has 13 heavy (non-hydrogen) atoms. The van der Waals surface area contributed by atoms with E-state index in [-0.39, 0.29) is 0 Å². The molecule has 68 valence electrons. The minimum atomic E-state index is 0.733. The molecule has 0 saturated carbocycles. The highest BCUT2D eigenvalue weighted by atomic mass is 35.5. The van der Waals surface area contributed by atoms with Crippen LogP contribution in [-0.2, 0) is 4.74 Å². The van der Waals surface area contributed by atoms with Crippen LogP contribution in [0.5, 0.6) is 0 Å². The normalized spacial score (nSPS) is 19.0. The quantitative estimate of drug-likeness (QED) is 0.675. The predicted octanol–water partition coefficient (Wildman–Crippen LogP) is 3.18. The van der Waals surface area contributed by atoms with E-state index < -0.39 is 0 Å². The fourth-order valence-electron chi connectivity index (χ4n) is 1.23. The van der Waals surface area contributed by atoms with Crippen molar-refractivity contribution in [3.63, 3.8) is 0 Å². The van der Waals surface area contributed by atoms with E-state index in [1.54, 1.807) is 0 Å². The van der Waals surface area contributed by atoms with Gasteiger partial charge in [-0.15, -0.1) is 0 Å².